The number of hydrogen-bond donors (Lipinski definition) is 0. The third-order valence-corrected chi connectivity index (χ3v) is 4.10. The zero-order valence-electron chi connectivity index (χ0n) is 14.9. The van der Waals surface area contributed by atoms with Crippen LogP contribution in [0.1, 0.15) is 27.5 Å². The fourth-order valence-corrected chi connectivity index (χ4v) is 2.85. The molecule has 0 aliphatic rings. The Bertz CT molecular complexity index is 999. The number of benzene rings is 1. The quantitative estimate of drug-likeness (QED) is 0.371. The highest BCUT2D eigenvalue weighted by Gasteiger charge is 2.19. The Morgan fingerprint density at radius 2 is 1.96 bits per heavy atom. The van der Waals surface area contributed by atoms with E-state index in [1.165, 1.54) is 24.5 Å². The maximum absolute atomic E-state index is 14.1. The third kappa shape index (κ3) is 4.06. The van der Waals surface area contributed by atoms with Gasteiger partial charge < -0.3 is 13.7 Å². The second-order valence-electron chi connectivity index (χ2n) is 5.95. The molecule has 2 aromatic heterocycles. The average molecular weight is 367 g/mol. The van der Waals surface area contributed by atoms with Gasteiger partial charge in [0.15, 0.2) is 6.61 Å². The van der Waals surface area contributed by atoms with Gasteiger partial charge in [0, 0.05) is 23.0 Å². The molecule has 3 rings (SSSR count). The molecule has 3 aromatic rings. The Hall–Kier alpha value is -3.41. The van der Waals surface area contributed by atoms with Gasteiger partial charge in [0.25, 0.3) is 0 Å². The van der Waals surface area contributed by atoms with E-state index in [1.807, 2.05) is 0 Å². The highest BCUT2D eigenvalue weighted by atomic mass is 19.1. The first-order chi connectivity index (χ1) is 13.0. The fourth-order valence-electron chi connectivity index (χ4n) is 2.85. The standard InChI is InChI=1S/C21H18FNO4/c1-14-12-17(15(2)23(14)19-8-4-3-7-18(19)22)20(24)13-27-21(25)10-9-16-6-5-11-26-16/h3-12H,13H2,1-2H3/b10-9+. The molecule has 0 fully saturated rings. The number of carbonyl (C=O) groups excluding carboxylic acids is 2. The third-order valence-electron chi connectivity index (χ3n) is 4.10. The van der Waals surface area contributed by atoms with Gasteiger partial charge in [-0.1, -0.05) is 12.1 Å². The van der Waals surface area contributed by atoms with Crippen LogP contribution in [-0.4, -0.2) is 22.9 Å². The molecule has 0 saturated heterocycles. The van der Waals surface area contributed by atoms with Gasteiger partial charge in [0.05, 0.1) is 12.0 Å². The van der Waals surface area contributed by atoms with Crippen LogP contribution in [0.2, 0.25) is 0 Å². The van der Waals surface area contributed by atoms with Gasteiger partial charge in [-0.05, 0) is 50.3 Å². The lowest BCUT2D eigenvalue weighted by Gasteiger charge is -2.10. The first-order valence-corrected chi connectivity index (χ1v) is 8.32. The molecular formula is C21H18FNO4. The predicted molar refractivity (Wildman–Crippen MR) is 98.2 cm³/mol. The number of nitrogens with zero attached hydrogens (tertiary/aromatic N) is 1. The molecule has 5 nitrogen and oxygen atoms in total. The average Bonchev–Trinajstić information content (AvgIpc) is 3.27. The van der Waals surface area contributed by atoms with Crippen molar-refractivity contribution in [2.75, 3.05) is 6.61 Å². The van der Waals surface area contributed by atoms with Crippen LogP contribution in [0.25, 0.3) is 11.8 Å². The van der Waals surface area contributed by atoms with E-state index in [2.05, 4.69) is 0 Å². The van der Waals surface area contributed by atoms with Gasteiger partial charge >= 0.3 is 5.97 Å². The Morgan fingerprint density at radius 3 is 2.67 bits per heavy atom. The molecule has 2 heterocycles. The molecule has 0 N–H and O–H groups in total. The zero-order chi connectivity index (χ0) is 19.4. The number of aryl methyl sites for hydroxylation is 1. The summed E-state index contributed by atoms with van der Waals surface area (Å²) < 4.78 is 25.8. The predicted octanol–water partition coefficient (Wildman–Crippen LogP) is 4.27. The van der Waals surface area contributed by atoms with Gasteiger partial charge in [-0.15, -0.1) is 0 Å². The number of ketones is 1. The summed E-state index contributed by atoms with van der Waals surface area (Å²) in [6.45, 7) is 3.11. The molecule has 1 aromatic carbocycles. The van der Waals surface area contributed by atoms with Crippen molar-refractivity contribution in [3.05, 3.63) is 83.3 Å². The van der Waals surface area contributed by atoms with Crippen LogP contribution < -0.4 is 0 Å². The largest absolute Gasteiger partial charge is 0.465 e. The van der Waals surface area contributed by atoms with Gasteiger partial charge in [-0.25, -0.2) is 9.18 Å². The number of para-hydroxylation sites is 1. The highest BCUT2D eigenvalue weighted by molar-refractivity contribution is 6.00. The van der Waals surface area contributed by atoms with Crippen molar-refractivity contribution in [1.82, 2.24) is 4.57 Å². The highest BCUT2D eigenvalue weighted by Crippen LogP contribution is 2.23. The van der Waals surface area contributed by atoms with Gasteiger partial charge in [0.1, 0.15) is 11.6 Å². The number of halogens is 1. The summed E-state index contributed by atoms with van der Waals surface area (Å²) in [5.41, 5.74) is 2.05. The molecule has 0 saturated carbocycles. The van der Waals surface area contributed by atoms with E-state index < -0.39 is 12.6 Å². The smallest absolute Gasteiger partial charge is 0.331 e. The van der Waals surface area contributed by atoms with E-state index >= 15 is 0 Å². The Balaban J connectivity index is 1.71. The van der Waals surface area contributed by atoms with Crippen molar-refractivity contribution in [2.45, 2.75) is 13.8 Å². The van der Waals surface area contributed by atoms with E-state index in [9.17, 15) is 14.0 Å². The summed E-state index contributed by atoms with van der Waals surface area (Å²) in [7, 11) is 0. The van der Waals surface area contributed by atoms with Crippen LogP contribution in [0.4, 0.5) is 4.39 Å². The molecule has 0 amide bonds. The van der Waals surface area contributed by atoms with Crippen molar-refractivity contribution in [3.8, 4) is 5.69 Å². The lowest BCUT2D eigenvalue weighted by atomic mass is 10.1. The van der Waals surface area contributed by atoms with E-state index in [1.54, 1.807) is 54.8 Å². The van der Waals surface area contributed by atoms with Crippen molar-refractivity contribution in [1.29, 1.82) is 0 Å². The molecule has 27 heavy (non-hydrogen) atoms. The maximum atomic E-state index is 14.1. The lowest BCUT2D eigenvalue weighted by molar-refractivity contribution is -0.136. The maximum Gasteiger partial charge on any atom is 0.331 e. The van der Waals surface area contributed by atoms with Gasteiger partial charge in [0.2, 0.25) is 5.78 Å². The summed E-state index contributed by atoms with van der Waals surface area (Å²) >= 11 is 0. The minimum atomic E-state index is -0.650. The molecule has 0 bridgehead atoms. The number of ether oxygens (including phenoxy) is 1. The van der Waals surface area contributed by atoms with Crippen LogP contribution in [-0.2, 0) is 9.53 Å². The first kappa shape index (κ1) is 18.4. The molecule has 0 aliphatic carbocycles. The van der Waals surface area contributed by atoms with E-state index in [-0.39, 0.29) is 11.6 Å². The fraction of sp³-hybridized carbons (Fsp3) is 0.143. The zero-order valence-corrected chi connectivity index (χ0v) is 14.9. The van der Waals surface area contributed by atoms with Gasteiger partial charge in [-0.2, -0.15) is 0 Å². The van der Waals surface area contributed by atoms with Crippen molar-refractivity contribution in [2.24, 2.45) is 0 Å². The number of carbonyl (C=O) groups is 2. The molecule has 0 aliphatic heterocycles. The van der Waals surface area contributed by atoms with Crippen LogP contribution in [0, 0.1) is 19.7 Å². The summed E-state index contributed by atoms with van der Waals surface area (Å²) in [6, 6.07) is 11.4. The Labute approximate surface area is 155 Å². The monoisotopic (exact) mass is 367 g/mol. The number of aromatic nitrogens is 1. The molecule has 0 atom stereocenters. The summed E-state index contributed by atoms with van der Waals surface area (Å²) in [6.07, 6.45) is 4.13. The van der Waals surface area contributed by atoms with Crippen LogP contribution in [0.15, 0.2) is 59.2 Å². The van der Waals surface area contributed by atoms with E-state index in [0.717, 1.165) is 0 Å². The molecule has 0 spiro atoms. The molecular weight excluding hydrogens is 349 g/mol. The van der Waals surface area contributed by atoms with Crippen molar-refractivity contribution < 1.29 is 23.1 Å². The lowest BCUT2D eigenvalue weighted by Crippen LogP contribution is -2.13. The SMILES string of the molecule is Cc1cc(C(=O)COC(=O)/C=C/c2ccco2)c(C)n1-c1ccccc1F. The van der Waals surface area contributed by atoms with Crippen molar-refractivity contribution >= 4 is 17.8 Å². The summed E-state index contributed by atoms with van der Waals surface area (Å²) in [5.74, 6) is -0.882. The van der Waals surface area contributed by atoms with Gasteiger partial charge in [-0.3, -0.25) is 4.79 Å². The second-order valence-corrected chi connectivity index (χ2v) is 5.95. The Morgan fingerprint density at radius 1 is 1.19 bits per heavy atom. The van der Waals surface area contributed by atoms with E-state index in [0.29, 0.717) is 28.4 Å². The van der Waals surface area contributed by atoms with Crippen LogP contribution >= 0.6 is 0 Å². The number of hydrogen-bond acceptors (Lipinski definition) is 4. The van der Waals surface area contributed by atoms with Crippen molar-refractivity contribution in [3.63, 3.8) is 0 Å². The van der Waals surface area contributed by atoms with Crippen LogP contribution in [0.3, 0.4) is 0 Å². The van der Waals surface area contributed by atoms with E-state index in [4.69, 9.17) is 9.15 Å². The Kier molecular flexibility index (Phi) is 5.35. The van der Waals surface area contributed by atoms with Crippen LogP contribution in [0.5, 0.6) is 0 Å². The molecule has 138 valence electrons. The number of esters is 1. The minimum absolute atomic E-state index is 0.356. The number of Topliss-reactive ketones (excluding diaryl/α,β-unsaturated/α-hetero) is 1. The second kappa shape index (κ2) is 7.86. The summed E-state index contributed by atoms with van der Waals surface area (Å²) in [4.78, 5) is 24.2. The summed E-state index contributed by atoms with van der Waals surface area (Å²) in [5, 5.41) is 0. The topological polar surface area (TPSA) is 61.4 Å². The normalized spacial score (nSPS) is 11.1. The molecule has 0 radical (unpaired) electrons. The number of rotatable bonds is 6. The molecule has 6 heteroatoms. The minimum Gasteiger partial charge on any atom is -0.465 e. The molecule has 0 unspecified atom stereocenters. The number of furan rings is 1. The first-order valence-electron chi connectivity index (χ1n) is 8.32.